The fourth-order valence-corrected chi connectivity index (χ4v) is 5.17. The number of halogens is 3. The van der Waals surface area contributed by atoms with Crippen LogP contribution in [0, 0.1) is 0 Å². The number of pyridine rings is 1. The fourth-order valence-electron chi connectivity index (χ4n) is 4.51. The summed E-state index contributed by atoms with van der Waals surface area (Å²) in [5.41, 5.74) is 0.588. The Morgan fingerprint density at radius 2 is 1.97 bits per heavy atom. The van der Waals surface area contributed by atoms with Gasteiger partial charge in [-0.05, 0) is 24.6 Å². The molecule has 2 bridgehead atoms. The second-order valence-corrected chi connectivity index (χ2v) is 9.14. The van der Waals surface area contributed by atoms with Gasteiger partial charge >= 0.3 is 12.3 Å². The molecule has 1 aromatic carbocycles. The number of aromatic nitrogens is 3. The quantitative estimate of drug-likeness (QED) is 0.410. The van der Waals surface area contributed by atoms with Gasteiger partial charge in [-0.15, -0.1) is 11.3 Å². The van der Waals surface area contributed by atoms with Crippen molar-refractivity contribution in [3.05, 3.63) is 47.6 Å². The molecule has 0 radical (unpaired) electrons. The van der Waals surface area contributed by atoms with Crippen molar-refractivity contribution in [3.8, 4) is 22.2 Å². The number of thiazole rings is 1. The standard InChI is InChI=1S/C22H16F3N5O4S/c23-22(24,25)11-1-4-16(27-8-11)33-15-3-2-14(19-26-5-6-35-19)18-17(15)28-20(34-18)29-9-12-7-13(10-29)30(12)21(31)32/h1-6,8,12-13H,7,9-10H2,(H,31,32). The minimum absolute atomic E-state index is 0.0258. The molecule has 1 N–H and O–H groups in total. The number of alkyl halides is 3. The maximum atomic E-state index is 12.9. The van der Waals surface area contributed by atoms with E-state index >= 15 is 0 Å². The lowest BCUT2D eigenvalue weighted by Crippen LogP contribution is -2.70. The third-order valence-electron chi connectivity index (χ3n) is 6.12. The Morgan fingerprint density at radius 3 is 2.60 bits per heavy atom. The number of amides is 1. The summed E-state index contributed by atoms with van der Waals surface area (Å²) in [5, 5.41) is 11.9. The Kier molecular flexibility index (Phi) is 4.85. The van der Waals surface area contributed by atoms with Crippen molar-refractivity contribution < 1.29 is 32.2 Å². The first-order chi connectivity index (χ1) is 16.8. The summed E-state index contributed by atoms with van der Waals surface area (Å²) in [5.74, 6) is 0.235. The summed E-state index contributed by atoms with van der Waals surface area (Å²) in [6, 6.07) is 5.47. The molecule has 1 amide bonds. The van der Waals surface area contributed by atoms with Crippen LogP contribution >= 0.6 is 11.3 Å². The van der Waals surface area contributed by atoms with Gasteiger partial charge in [0.2, 0.25) is 5.88 Å². The summed E-state index contributed by atoms with van der Waals surface area (Å²) >= 11 is 1.42. The molecule has 7 rings (SSSR count). The molecular weight excluding hydrogens is 487 g/mol. The van der Waals surface area contributed by atoms with Gasteiger partial charge in [0.25, 0.3) is 6.01 Å². The van der Waals surface area contributed by atoms with Gasteiger partial charge in [0.05, 0.1) is 23.2 Å². The first kappa shape index (κ1) is 21.6. The minimum Gasteiger partial charge on any atom is -0.465 e. The fraction of sp³-hybridized carbons (Fsp3) is 0.273. The Bertz CT molecular complexity index is 1400. The lowest BCUT2D eigenvalue weighted by Gasteiger charge is -2.54. The Hall–Kier alpha value is -3.87. The average molecular weight is 503 g/mol. The summed E-state index contributed by atoms with van der Waals surface area (Å²) in [6.45, 7) is 0.887. The summed E-state index contributed by atoms with van der Waals surface area (Å²) < 4.78 is 50.5. The number of rotatable bonds is 4. The molecule has 0 saturated carbocycles. The van der Waals surface area contributed by atoms with Gasteiger partial charge < -0.3 is 19.2 Å². The van der Waals surface area contributed by atoms with Crippen LogP contribution in [0.4, 0.5) is 24.0 Å². The molecule has 3 aromatic heterocycles. The Balaban J connectivity index is 1.36. The van der Waals surface area contributed by atoms with Crippen LogP contribution in [0.15, 0.2) is 46.5 Å². The van der Waals surface area contributed by atoms with Crippen molar-refractivity contribution >= 4 is 34.5 Å². The molecule has 3 aliphatic heterocycles. The van der Waals surface area contributed by atoms with Crippen molar-refractivity contribution in [2.45, 2.75) is 24.7 Å². The predicted molar refractivity (Wildman–Crippen MR) is 119 cm³/mol. The molecule has 0 spiro atoms. The highest BCUT2D eigenvalue weighted by Gasteiger charge is 2.48. The summed E-state index contributed by atoms with van der Waals surface area (Å²) in [6.07, 6.45) is -2.27. The van der Waals surface area contributed by atoms with Gasteiger partial charge in [-0.1, -0.05) is 0 Å². The highest BCUT2D eigenvalue weighted by atomic mass is 32.1. The molecule has 3 fully saturated rings. The molecule has 2 unspecified atom stereocenters. The second kappa shape index (κ2) is 7.83. The van der Waals surface area contributed by atoms with Gasteiger partial charge in [-0.3, -0.25) is 4.90 Å². The minimum atomic E-state index is -4.50. The molecule has 13 heteroatoms. The van der Waals surface area contributed by atoms with Crippen molar-refractivity contribution in [1.82, 2.24) is 19.9 Å². The van der Waals surface area contributed by atoms with Crippen molar-refractivity contribution in [2.24, 2.45) is 0 Å². The molecule has 3 saturated heterocycles. The van der Waals surface area contributed by atoms with Crippen LogP contribution in [0.25, 0.3) is 21.7 Å². The van der Waals surface area contributed by atoms with E-state index in [1.165, 1.54) is 16.2 Å². The number of oxazole rings is 1. The molecule has 3 aliphatic rings. The topological polar surface area (TPSA) is 105 Å². The molecule has 2 atom stereocenters. The van der Waals surface area contributed by atoms with Crippen LogP contribution in [0.1, 0.15) is 12.0 Å². The third kappa shape index (κ3) is 3.71. The van der Waals surface area contributed by atoms with E-state index < -0.39 is 17.8 Å². The first-order valence-electron chi connectivity index (χ1n) is 10.6. The van der Waals surface area contributed by atoms with E-state index in [9.17, 15) is 23.1 Å². The number of fused-ring (bicyclic) bond motifs is 3. The van der Waals surface area contributed by atoms with Gasteiger partial charge in [0, 0.05) is 36.9 Å². The first-order valence-corrected chi connectivity index (χ1v) is 11.5. The lowest BCUT2D eigenvalue weighted by molar-refractivity contribution is -0.137. The lowest BCUT2D eigenvalue weighted by atomic mass is 9.88. The highest BCUT2D eigenvalue weighted by molar-refractivity contribution is 7.13. The molecule has 35 heavy (non-hydrogen) atoms. The number of hydrogen-bond acceptors (Lipinski definition) is 8. The number of ether oxygens (including phenoxy) is 1. The maximum absolute atomic E-state index is 12.9. The zero-order chi connectivity index (χ0) is 24.3. The van der Waals surface area contributed by atoms with Gasteiger partial charge in [0.15, 0.2) is 16.8 Å². The number of carboxylic acid groups (broad SMARTS) is 1. The molecule has 180 valence electrons. The van der Waals surface area contributed by atoms with Crippen molar-refractivity contribution in [1.29, 1.82) is 0 Å². The highest BCUT2D eigenvalue weighted by Crippen LogP contribution is 2.41. The van der Waals surface area contributed by atoms with E-state index in [0.29, 0.717) is 47.0 Å². The van der Waals surface area contributed by atoms with E-state index in [1.54, 1.807) is 18.3 Å². The number of piperidine rings is 1. The summed E-state index contributed by atoms with van der Waals surface area (Å²) in [4.78, 5) is 27.5. The Labute approximate surface area is 199 Å². The maximum Gasteiger partial charge on any atom is 0.417 e. The molecule has 0 aliphatic carbocycles. The van der Waals surface area contributed by atoms with Crippen LogP contribution in [0.5, 0.6) is 11.6 Å². The van der Waals surface area contributed by atoms with Gasteiger partial charge in [0.1, 0.15) is 5.01 Å². The second-order valence-electron chi connectivity index (χ2n) is 8.25. The van der Waals surface area contributed by atoms with Crippen LogP contribution in [-0.2, 0) is 6.18 Å². The van der Waals surface area contributed by atoms with Crippen LogP contribution in [0.3, 0.4) is 0 Å². The van der Waals surface area contributed by atoms with E-state index in [-0.39, 0.29) is 23.7 Å². The number of piperazine rings is 1. The van der Waals surface area contributed by atoms with Crippen molar-refractivity contribution in [2.75, 3.05) is 18.0 Å². The van der Waals surface area contributed by atoms with Crippen molar-refractivity contribution in [3.63, 3.8) is 0 Å². The Morgan fingerprint density at radius 1 is 1.17 bits per heavy atom. The molecule has 9 nitrogen and oxygen atoms in total. The van der Waals surface area contributed by atoms with Gasteiger partial charge in [-0.25, -0.2) is 14.8 Å². The number of benzene rings is 1. The average Bonchev–Trinajstić information content (AvgIpc) is 3.50. The van der Waals surface area contributed by atoms with Crippen LogP contribution < -0.4 is 9.64 Å². The number of anilines is 1. The van der Waals surface area contributed by atoms with E-state index in [2.05, 4.69) is 15.0 Å². The SMILES string of the molecule is O=C(O)N1C2CC1CN(c1nc3c(Oc4ccc(C(F)(F)F)cn4)ccc(-c4nccs4)c3o1)C2. The van der Waals surface area contributed by atoms with Crippen LogP contribution in [-0.4, -0.2) is 56.2 Å². The normalized spacial score (nSPS) is 19.6. The summed E-state index contributed by atoms with van der Waals surface area (Å²) in [7, 11) is 0. The van der Waals surface area contributed by atoms with E-state index in [1.807, 2.05) is 10.3 Å². The largest absolute Gasteiger partial charge is 0.465 e. The third-order valence-corrected chi connectivity index (χ3v) is 6.93. The zero-order valence-electron chi connectivity index (χ0n) is 17.8. The number of carbonyl (C=O) groups is 1. The zero-order valence-corrected chi connectivity index (χ0v) is 18.6. The molecular formula is C22H16F3N5O4S. The number of nitrogens with zero attached hydrogens (tertiary/aromatic N) is 5. The monoisotopic (exact) mass is 503 g/mol. The number of hydrogen-bond donors (Lipinski definition) is 1. The molecule has 6 heterocycles. The smallest absolute Gasteiger partial charge is 0.417 e. The predicted octanol–water partition coefficient (Wildman–Crippen LogP) is 5.10. The van der Waals surface area contributed by atoms with Crippen LogP contribution in [0.2, 0.25) is 0 Å². The molecule has 4 aromatic rings. The van der Waals surface area contributed by atoms with E-state index in [0.717, 1.165) is 18.6 Å². The van der Waals surface area contributed by atoms with Gasteiger partial charge in [-0.2, -0.15) is 18.2 Å². The van der Waals surface area contributed by atoms with E-state index in [4.69, 9.17) is 9.15 Å².